The molecule has 0 spiro atoms. The second-order valence-corrected chi connectivity index (χ2v) is 6.03. The Morgan fingerprint density at radius 1 is 1.47 bits per heavy atom. The van der Waals surface area contributed by atoms with Gasteiger partial charge >= 0.3 is 0 Å². The average Bonchev–Trinajstić information content (AvgIpc) is 2.57. The summed E-state index contributed by atoms with van der Waals surface area (Å²) in [6, 6.07) is 0. The number of aromatic nitrogens is 1. The van der Waals surface area contributed by atoms with Crippen LogP contribution < -0.4 is 0 Å². The zero-order valence-corrected chi connectivity index (χ0v) is 11.2. The Labute approximate surface area is 99.5 Å². The van der Waals surface area contributed by atoms with Crippen LogP contribution in [0, 0.1) is 11.3 Å². The quantitative estimate of drug-likeness (QED) is 0.728. The summed E-state index contributed by atoms with van der Waals surface area (Å²) in [4.78, 5) is 0. The molecule has 0 aromatic carbocycles. The molecule has 1 heterocycles. The van der Waals surface area contributed by atoms with E-state index in [2.05, 4.69) is 41.9 Å². The van der Waals surface area contributed by atoms with Gasteiger partial charge in [0.25, 0.3) is 0 Å². The summed E-state index contributed by atoms with van der Waals surface area (Å²) in [5.41, 5.74) is 2.84. The lowest BCUT2D eigenvalue weighted by Gasteiger charge is -2.33. The molecule has 1 unspecified atom stereocenters. The van der Waals surface area contributed by atoms with E-state index in [1.807, 2.05) is 0 Å². The Hall–Kier alpha value is -0.310. The summed E-state index contributed by atoms with van der Waals surface area (Å²) >= 11 is 3.46. The van der Waals surface area contributed by atoms with Gasteiger partial charge in [-0.1, -0.05) is 41.9 Å². The highest BCUT2D eigenvalue weighted by Crippen LogP contribution is 2.38. The number of alkyl halides is 1. The van der Waals surface area contributed by atoms with Crippen molar-refractivity contribution in [1.29, 1.82) is 0 Å². The largest absolute Gasteiger partial charge is 0.361 e. The summed E-state index contributed by atoms with van der Waals surface area (Å²) in [5.74, 6) is 1.87. The van der Waals surface area contributed by atoms with Crippen molar-refractivity contribution in [1.82, 2.24) is 5.16 Å². The van der Waals surface area contributed by atoms with Crippen molar-refractivity contribution in [3.63, 3.8) is 0 Å². The maximum Gasteiger partial charge on any atom is 0.140 e. The molecule has 2 nitrogen and oxygen atoms in total. The minimum atomic E-state index is 0.387. The molecule has 0 N–H and O–H groups in total. The molecule has 0 amide bonds. The lowest BCUT2D eigenvalue weighted by Crippen LogP contribution is -2.26. The molecule has 0 saturated carbocycles. The first-order valence-electron chi connectivity index (χ1n) is 5.54. The minimum Gasteiger partial charge on any atom is -0.361 e. The predicted octanol–water partition coefficient (Wildman–Crippen LogP) is 3.72. The van der Waals surface area contributed by atoms with Gasteiger partial charge in [-0.05, 0) is 24.2 Å². The van der Waals surface area contributed by atoms with Crippen LogP contribution in [0.1, 0.15) is 44.2 Å². The van der Waals surface area contributed by atoms with Crippen LogP contribution in [0.4, 0.5) is 0 Å². The number of hydrogen-bond donors (Lipinski definition) is 0. The van der Waals surface area contributed by atoms with Gasteiger partial charge in [0.1, 0.15) is 5.76 Å². The van der Waals surface area contributed by atoms with Gasteiger partial charge in [-0.15, -0.1) is 0 Å². The zero-order chi connectivity index (χ0) is 11.1. The molecule has 0 radical (unpaired) electrons. The first kappa shape index (κ1) is 11.2. The van der Waals surface area contributed by atoms with Gasteiger partial charge in [-0.25, -0.2) is 0 Å². The number of aryl methyl sites for hydroxylation is 1. The van der Waals surface area contributed by atoms with Crippen molar-refractivity contribution in [3.8, 4) is 0 Å². The van der Waals surface area contributed by atoms with E-state index in [0.29, 0.717) is 5.41 Å². The van der Waals surface area contributed by atoms with Crippen LogP contribution >= 0.6 is 15.9 Å². The Bertz CT molecular complexity index is 337. The van der Waals surface area contributed by atoms with E-state index in [9.17, 15) is 0 Å². The fourth-order valence-corrected chi connectivity index (χ4v) is 2.75. The van der Waals surface area contributed by atoms with Crippen molar-refractivity contribution >= 4 is 15.9 Å². The molecule has 0 fully saturated rings. The fourth-order valence-electron chi connectivity index (χ4n) is 2.31. The predicted molar refractivity (Wildman–Crippen MR) is 64.1 cm³/mol. The molecule has 2 rings (SSSR count). The van der Waals surface area contributed by atoms with Crippen LogP contribution in [0.15, 0.2) is 4.52 Å². The maximum absolute atomic E-state index is 5.36. The van der Waals surface area contributed by atoms with Gasteiger partial charge in [0.2, 0.25) is 0 Å². The van der Waals surface area contributed by atoms with E-state index in [-0.39, 0.29) is 0 Å². The molecule has 15 heavy (non-hydrogen) atoms. The van der Waals surface area contributed by atoms with E-state index in [1.165, 1.54) is 12.0 Å². The monoisotopic (exact) mass is 271 g/mol. The third kappa shape index (κ3) is 2.12. The van der Waals surface area contributed by atoms with Crippen LogP contribution in [0.3, 0.4) is 0 Å². The molecule has 0 aliphatic heterocycles. The van der Waals surface area contributed by atoms with Crippen molar-refractivity contribution in [2.24, 2.45) is 11.3 Å². The number of hydrogen-bond acceptors (Lipinski definition) is 2. The summed E-state index contributed by atoms with van der Waals surface area (Å²) < 4.78 is 5.36. The normalized spacial score (nSPS) is 21.5. The zero-order valence-electron chi connectivity index (χ0n) is 9.64. The maximum atomic E-state index is 5.36. The Balaban J connectivity index is 2.25. The third-order valence-corrected chi connectivity index (χ3v) is 4.00. The topological polar surface area (TPSA) is 26.0 Å². The van der Waals surface area contributed by atoms with Gasteiger partial charge in [0.15, 0.2) is 0 Å². The summed E-state index contributed by atoms with van der Waals surface area (Å²) in [6.07, 6.45) is 3.41. The van der Waals surface area contributed by atoms with E-state index in [0.717, 1.165) is 35.5 Å². The molecule has 1 aromatic rings. The van der Waals surface area contributed by atoms with Crippen molar-refractivity contribution in [3.05, 3.63) is 17.0 Å². The van der Waals surface area contributed by atoms with Gasteiger partial charge in [0.05, 0.1) is 5.69 Å². The second-order valence-electron chi connectivity index (χ2n) is 5.47. The third-order valence-electron chi connectivity index (χ3n) is 3.47. The highest BCUT2D eigenvalue weighted by Gasteiger charge is 2.32. The molecule has 84 valence electrons. The van der Waals surface area contributed by atoms with Crippen molar-refractivity contribution < 1.29 is 4.52 Å². The van der Waals surface area contributed by atoms with Crippen LogP contribution in [-0.2, 0) is 18.2 Å². The van der Waals surface area contributed by atoms with Crippen molar-refractivity contribution in [2.45, 2.75) is 45.4 Å². The number of fused-ring (bicyclic) bond motifs is 1. The van der Waals surface area contributed by atoms with E-state index in [1.54, 1.807) is 0 Å². The highest BCUT2D eigenvalue weighted by atomic mass is 79.9. The summed E-state index contributed by atoms with van der Waals surface area (Å²) in [7, 11) is 0. The molecule has 1 atom stereocenters. The molecular weight excluding hydrogens is 254 g/mol. The number of halogens is 1. The Morgan fingerprint density at radius 3 is 2.80 bits per heavy atom. The molecule has 0 saturated heterocycles. The van der Waals surface area contributed by atoms with E-state index in [4.69, 9.17) is 4.52 Å². The first-order chi connectivity index (χ1) is 7.02. The smallest absolute Gasteiger partial charge is 0.140 e. The van der Waals surface area contributed by atoms with Crippen LogP contribution in [0.2, 0.25) is 0 Å². The molecule has 0 bridgehead atoms. The second kappa shape index (κ2) is 3.93. The number of rotatable bonds is 1. The molecule has 1 aliphatic carbocycles. The number of nitrogens with zero attached hydrogens (tertiary/aromatic N) is 1. The highest BCUT2D eigenvalue weighted by molar-refractivity contribution is 9.08. The lowest BCUT2D eigenvalue weighted by molar-refractivity contribution is 0.206. The lowest BCUT2D eigenvalue weighted by atomic mass is 9.72. The van der Waals surface area contributed by atoms with E-state index < -0.39 is 0 Å². The van der Waals surface area contributed by atoms with Gasteiger partial charge in [0, 0.05) is 17.3 Å². The van der Waals surface area contributed by atoms with Gasteiger partial charge in [-0.3, -0.25) is 0 Å². The van der Waals surface area contributed by atoms with Crippen molar-refractivity contribution in [2.75, 3.05) is 0 Å². The molecule has 1 aromatic heterocycles. The molecule has 1 aliphatic rings. The van der Waals surface area contributed by atoms with Crippen LogP contribution in [0.25, 0.3) is 0 Å². The summed E-state index contributed by atoms with van der Waals surface area (Å²) in [5, 5.41) is 4.92. The molecule has 3 heteroatoms. The Morgan fingerprint density at radius 2 is 2.20 bits per heavy atom. The average molecular weight is 272 g/mol. The van der Waals surface area contributed by atoms with Gasteiger partial charge < -0.3 is 4.52 Å². The first-order valence-corrected chi connectivity index (χ1v) is 6.66. The van der Waals surface area contributed by atoms with Crippen LogP contribution in [-0.4, -0.2) is 5.16 Å². The Kier molecular flexibility index (Phi) is 2.93. The standard InChI is InChI=1S/C12H18BrNO/c1-12(2,3)8-4-5-11-9(6-8)10(7-13)14-15-11/h8H,4-7H2,1-3H3. The minimum absolute atomic E-state index is 0.387. The summed E-state index contributed by atoms with van der Waals surface area (Å²) in [6.45, 7) is 6.97. The van der Waals surface area contributed by atoms with Crippen LogP contribution in [0.5, 0.6) is 0 Å². The van der Waals surface area contributed by atoms with Gasteiger partial charge in [-0.2, -0.15) is 0 Å². The SMILES string of the molecule is CC(C)(C)C1CCc2onc(CBr)c2C1. The molecular formula is C12H18BrNO. The van der Waals surface area contributed by atoms with E-state index >= 15 is 0 Å². The fraction of sp³-hybridized carbons (Fsp3) is 0.750.